The van der Waals surface area contributed by atoms with Gasteiger partial charge in [0.05, 0.1) is 6.61 Å². The van der Waals surface area contributed by atoms with Crippen molar-refractivity contribution < 1.29 is 5.11 Å². The summed E-state index contributed by atoms with van der Waals surface area (Å²) in [6.45, 7) is 2.58. The molecule has 11 heavy (non-hydrogen) atoms. The van der Waals surface area contributed by atoms with Gasteiger partial charge in [-0.05, 0) is 25.3 Å². The molecule has 0 aromatic carbocycles. The van der Waals surface area contributed by atoms with Gasteiger partial charge in [-0.3, -0.25) is 0 Å². The maximum absolute atomic E-state index is 9.31. The lowest BCUT2D eigenvalue weighted by atomic mass is 9.69. The van der Waals surface area contributed by atoms with Gasteiger partial charge < -0.3 is 10.4 Å². The van der Waals surface area contributed by atoms with E-state index < -0.39 is 0 Å². The van der Waals surface area contributed by atoms with Crippen LogP contribution in [-0.4, -0.2) is 24.8 Å². The zero-order valence-electron chi connectivity index (χ0n) is 6.97. The largest absolute Gasteiger partial charge is 0.396 e. The number of hydrogen-bond acceptors (Lipinski definition) is 2. The molecular formula is C9H17NO. The fourth-order valence-electron chi connectivity index (χ4n) is 2.69. The van der Waals surface area contributed by atoms with E-state index in [1.165, 1.54) is 25.7 Å². The molecule has 1 saturated carbocycles. The van der Waals surface area contributed by atoms with E-state index in [9.17, 15) is 5.11 Å². The van der Waals surface area contributed by atoms with Crippen LogP contribution in [0.3, 0.4) is 0 Å². The predicted molar refractivity (Wildman–Crippen MR) is 44.3 cm³/mol. The third kappa shape index (κ3) is 1.09. The van der Waals surface area contributed by atoms with E-state index in [0.717, 1.165) is 19.0 Å². The van der Waals surface area contributed by atoms with Gasteiger partial charge in [-0.1, -0.05) is 12.8 Å². The Kier molecular flexibility index (Phi) is 1.90. The van der Waals surface area contributed by atoms with E-state index in [4.69, 9.17) is 0 Å². The van der Waals surface area contributed by atoms with Crippen molar-refractivity contribution >= 4 is 0 Å². The van der Waals surface area contributed by atoms with Crippen LogP contribution in [0.1, 0.15) is 25.7 Å². The summed E-state index contributed by atoms with van der Waals surface area (Å²) in [5, 5.41) is 12.7. The molecule has 0 amide bonds. The van der Waals surface area contributed by atoms with Gasteiger partial charge >= 0.3 is 0 Å². The standard InChI is InChI=1S/C9H17NO/c11-7-9-4-2-1-3-8(9)5-10-6-9/h8,10-11H,1-7H2/t8-,9+/m1/s1. The van der Waals surface area contributed by atoms with Crippen LogP contribution in [0.4, 0.5) is 0 Å². The number of aliphatic hydroxyl groups excluding tert-OH is 1. The number of fused-ring (bicyclic) bond motifs is 1. The zero-order chi connectivity index (χ0) is 7.73. The van der Waals surface area contributed by atoms with Crippen LogP contribution in [0, 0.1) is 11.3 Å². The van der Waals surface area contributed by atoms with Gasteiger partial charge in [0.15, 0.2) is 0 Å². The van der Waals surface area contributed by atoms with Crippen molar-refractivity contribution in [1.82, 2.24) is 5.32 Å². The molecule has 0 aromatic heterocycles. The molecule has 1 heterocycles. The molecule has 1 aliphatic heterocycles. The van der Waals surface area contributed by atoms with Crippen molar-refractivity contribution in [3.63, 3.8) is 0 Å². The Balaban J connectivity index is 2.12. The molecule has 0 bridgehead atoms. The first-order chi connectivity index (χ1) is 5.37. The lowest BCUT2D eigenvalue weighted by Crippen LogP contribution is -2.36. The number of aliphatic hydroxyl groups is 1. The molecule has 2 fully saturated rings. The van der Waals surface area contributed by atoms with Crippen molar-refractivity contribution in [1.29, 1.82) is 0 Å². The summed E-state index contributed by atoms with van der Waals surface area (Å²) >= 11 is 0. The molecule has 2 N–H and O–H groups in total. The first-order valence-electron chi connectivity index (χ1n) is 4.69. The number of hydrogen-bond donors (Lipinski definition) is 2. The molecule has 2 aliphatic rings. The topological polar surface area (TPSA) is 32.3 Å². The van der Waals surface area contributed by atoms with E-state index in [0.29, 0.717) is 6.61 Å². The van der Waals surface area contributed by atoms with Gasteiger partial charge in [-0.25, -0.2) is 0 Å². The summed E-state index contributed by atoms with van der Waals surface area (Å²) in [5.74, 6) is 0.765. The smallest absolute Gasteiger partial charge is 0.0502 e. The number of nitrogens with one attached hydrogen (secondary N) is 1. The van der Waals surface area contributed by atoms with E-state index in [-0.39, 0.29) is 5.41 Å². The van der Waals surface area contributed by atoms with E-state index in [1.54, 1.807) is 0 Å². The van der Waals surface area contributed by atoms with Crippen LogP contribution in [0.25, 0.3) is 0 Å². The van der Waals surface area contributed by atoms with Gasteiger partial charge in [0.1, 0.15) is 0 Å². The van der Waals surface area contributed by atoms with E-state index >= 15 is 0 Å². The molecule has 0 aromatic rings. The normalized spacial score (nSPS) is 43.9. The molecule has 2 atom stereocenters. The van der Waals surface area contributed by atoms with Crippen LogP contribution in [0.5, 0.6) is 0 Å². The third-order valence-corrected chi connectivity index (χ3v) is 3.53. The summed E-state index contributed by atoms with van der Waals surface area (Å²) in [4.78, 5) is 0. The maximum Gasteiger partial charge on any atom is 0.0502 e. The van der Waals surface area contributed by atoms with Crippen molar-refractivity contribution in [2.45, 2.75) is 25.7 Å². The van der Waals surface area contributed by atoms with Gasteiger partial charge in [0.25, 0.3) is 0 Å². The Bertz CT molecular complexity index is 148. The van der Waals surface area contributed by atoms with Gasteiger partial charge in [0.2, 0.25) is 0 Å². The summed E-state index contributed by atoms with van der Waals surface area (Å²) in [7, 11) is 0. The molecule has 2 heteroatoms. The minimum atomic E-state index is 0.276. The lowest BCUT2D eigenvalue weighted by molar-refractivity contribution is 0.0621. The van der Waals surface area contributed by atoms with Gasteiger partial charge in [-0.15, -0.1) is 0 Å². The monoisotopic (exact) mass is 155 g/mol. The molecular weight excluding hydrogens is 138 g/mol. The molecule has 0 unspecified atom stereocenters. The third-order valence-electron chi connectivity index (χ3n) is 3.53. The van der Waals surface area contributed by atoms with E-state index in [1.807, 2.05) is 0 Å². The second-order valence-electron chi connectivity index (χ2n) is 4.09. The highest BCUT2D eigenvalue weighted by Gasteiger charge is 2.43. The summed E-state index contributed by atoms with van der Waals surface area (Å²) in [5.41, 5.74) is 0.276. The Morgan fingerprint density at radius 3 is 3.09 bits per heavy atom. The zero-order valence-corrected chi connectivity index (χ0v) is 6.97. The lowest BCUT2D eigenvalue weighted by Gasteiger charge is -2.36. The average molecular weight is 155 g/mol. The van der Waals surface area contributed by atoms with Crippen molar-refractivity contribution in [3.05, 3.63) is 0 Å². The average Bonchev–Trinajstić information content (AvgIpc) is 2.48. The van der Waals surface area contributed by atoms with E-state index in [2.05, 4.69) is 5.32 Å². The summed E-state index contributed by atoms with van der Waals surface area (Å²) < 4.78 is 0. The number of rotatable bonds is 1. The molecule has 2 nitrogen and oxygen atoms in total. The molecule has 2 rings (SSSR count). The van der Waals surface area contributed by atoms with Crippen LogP contribution in [0.15, 0.2) is 0 Å². The highest BCUT2D eigenvalue weighted by molar-refractivity contribution is 4.96. The quantitative estimate of drug-likeness (QED) is 0.586. The van der Waals surface area contributed by atoms with Gasteiger partial charge in [0, 0.05) is 12.0 Å². The maximum atomic E-state index is 9.31. The predicted octanol–water partition coefficient (Wildman–Crippen LogP) is 0.758. The van der Waals surface area contributed by atoms with Crippen molar-refractivity contribution in [3.8, 4) is 0 Å². The fraction of sp³-hybridized carbons (Fsp3) is 1.00. The molecule has 0 spiro atoms. The van der Waals surface area contributed by atoms with Crippen LogP contribution in [-0.2, 0) is 0 Å². The highest BCUT2D eigenvalue weighted by Crippen LogP contribution is 2.42. The summed E-state index contributed by atoms with van der Waals surface area (Å²) in [6.07, 6.45) is 5.25. The second kappa shape index (κ2) is 2.76. The van der Waals surface area contributed by atoms with Crippen LogP contribution >= 0.6 is 0 Å². The highest BCUT2D eigenvalue weighted by atomic mass is 16.3. The molecule has 1 saturated heterocycles. The second-order valence-corrected chi connectivity index (χ2v) is 4.09. The Morgan fingerprint density at radius 2 is 2.36 bits per heavy atom. The summed E-state index contributed by atoms with van der Waals surface area (Å²) in [6, 6.07) is 0. The molecule has 1 aliphatic carbocycles. The Labute approximate surface area is 68.0 Å². The van der Waals surface area contributed by atoms with Crippen LogP contribution < -0.4 is 5.32 Å². The first-order valence-corrected chi connectivity index (χ1v) is 4.69. The minimum absolute atomic E-state index is 0.276. The van der Waals surface area contributed by atoms with Crippen molar-refractivity contribution in [2.75, 3.05) is 19.7 Å². The van der Waals surface area contributed by atoms with Crippen LogP contribution in [0.2, 0.25) is 0 Å². The fourth-order valence-corrected chi connectivity index (χ4v) is 2.69. The Morgan fingerprint density at radius 1 is 1.45 bits per heavy atom. The van der Waals surface area contributed by atoms with Gasteiger partial charge in [-0.2, -0.15) is 0 Å². The molecule has 0 radical (unpaired) electrons. The first kappa shape index (κ1) is 7.56. The minimum Gasteiger partial charge on any atom is -0.396 e. The SMILES string of the molecule is OC[C@@]12CCCC[C@@H]1CNC2. The molecule has 64 valence electrons. The Hall–Kier alpha value is -0.0800. The van der Waals surface area contributed by atoms with Crippen molar-refractivity contribution in [2.24, 2.45) is 11.3 Å².